The van der Waals surface area contributed by atoms with E-state index in [-0.39, 0.29) is 57.5 Å². The van der Waals surface area contributed by atoms with Crippen LogP contribution in [0.1, 0.15) is 30.8 Å². The first kappa shape index (κ1) is 36.8. The zero-order valence-corrected chi connectivity index (χ0v) is 27.1. The molecule has 1 aromatic heterocycles. The maximum absolute atomic E-state index is 14.2. The molecule has 1 unspecified atom stereocenters. The number of aliphatic hydroxyl groups excluding tert-OH is 1. The lowest BCUT2D eigenvalue weighted by Crippen LogP contribution is -2.60. The molecule has 1 amide bonds. The molecule has 2 atom stereocenters. The molecular weight excluding hydrogens is 675 g/mol. The number of hydrogen-bond donors (Lipinski definition) is 2. The van der Waals surface area contributed by atoms with Crippen LogP contribution in [0, 0.1) is 5.92 Å². The first-order valence-corrected chi connectivity index (χ1v) is 15.6. The Morgan fingerprint density at radius 2 is 1.60 bits per heavy atom. The number of benzene rings is 2. The molecule has 47 heavy (non-hydrogen) atoms. The van der Waals surface area contributed by atoms with Gasteiger partial charge < -0.3 is 15.2 Å². The third-order valence-electron chi connectivity index (χ3n) is 7.41. The largest absolute Gasteiger partial charge is 0.491 e. The molecule has 1 aliphatic rings. The molecule has 2 heterocycles. The molecule has 1 fully saturated rings. The van der Waals surface area contributed by atoms with E-state index in [1.807, 2.05) is 13.8 Å². The van der Waals surface area contributed by atoms with Crippen molar-refractivity contribution in [2.45, 2.75) is 51.3 Å². The fourth-order valence-electron chi connectivity index (χ4n) is 5.29. The normalized spacial score (nSPS) is 16.3. The Hall–Kier alpha value is -3.04. The van der Waals surface area contributed by atoms with Gasteiger partial charge >= 0.3 is 12.4 Å². The minimum absolute atomic E-state index is 0.0660. The molecule has 0 saturated carbocycles. The highest BCUT2D eigenvalue weighted by atomic mass is 35.5. The van der Waals surface area contributed by atoms with Crippen LogP contribution in [0.25, 0.3) is 5.69 Å². The lowest BCUT2D eigenvalue weighted by molar-refractivity contribution is -0.192. The molecule has 0 bridgehead atoms. The van der Waals surface area contributed by atoms with Crippen LogP contribution in [-0.2, 0) is 23.9 Å². The number of amides is 1. The summed E-state index contributed by atoms with van der Waals surface area (Å²) in [4.78, 5) is 15.8. The second kappa shape index (κ2) is 15.5. The molecule has 2 aromatic carbocycles. The highest BCUT2D eigenvalue weighted by Gasteiger charge is 2.49. The molecule has 3 aromatic rings. The summed E-state index contributed by atoms with van der Waals surface area (Å²) in [5, 5.41) is 18.1. The smallest absolute Gasteiger partial charge is 0.416 e. The van der Waals surface area contributed by atoms with Crippen molar-refractivity contribution in [1.29, 1.82) is 0 Å². The van der Waals surface area contributed by atoms with Crippen LogP contribution in [0.3, 0.4) is 0 Å². The zero-order chi connectivity index (χ0) is 34.5. The van der Waals surface area contributed by atoms with E-state index in [0.717, 1.165) is 34.9 Å². The van der Waals surface area contributed by atoms with E-state index in [2.05, 4.69) is 10.4 Å². The third-order valence-corrected chi connectivity index (χ3v) is 7.85. The third kappa shape index (κ3) is 10.5. The van der Waals surface area contributed by atoms with Crippen LogP contribution in [0.4, 0.5) is 26.3 Å². The number of ether oxygens (including phenoxy) is 1. The number of β-amino-alcohol motifs (C(OH)–C–C–N with tert-alkyl or cyclic N) is 1. The van der Waals surface area contributed by atoms with Gasteiger partial charge in [-0.25, -0.2) is 4.68 Å². The lowest BCUT2D eigenvalue weighted by atomic mass is 10.1. The van der Waals surface area contributed by atoms with Crippen molar-refractivity contribution in [1.82, 2.24) is 24.9 Å². The van der Waals surface area contributed by atoms with Crippen LogP contribution in [0.2, 0.25) is 10.0 Å². The number of aliphatic hydroxyl groups is 1. The van der Waals surface area contributed by atoms with Crippen LogP contribution in [0.15, 0.2) is 48.5 Å². The number of piperazine rings is 1. The number of carbonyl (C=O) groups excluding carboxylic acids is 1. The topological polar surface area (TPSA) is 82.9 Å². The van der Waals surface area contributed by atoms with Gasteiger partial charge in [0.05, 0.1) is 23.5 Å². The molecule has 258 valence electrons. The highest BCUT2D eigenvalue weighted by molar-refractivity contribution is 6.34. The SMILES string of the molecule is CC(C)Cc1cc(CNC(=O)[C@H](N2CCN(CC(O)COc3ccc(C(F)(F)F)cc3)CC2)C(F)(F)F)nn1-c1cc(Cl)cc(Cl)c1. The second-order valence-corrected chi connectivity index (χ2v) is 12.6. The average Bonchev–Trinajstić information content (AvgIpc) is 3.36. The van der Waals surface area contributed by atoms with Crippen LogP contribution in [0.5, 0.6) is 5.75 Å². The summed E-state index contributed by atoms with van der Waals surface area (Å²) in [6, 6.07) is 8.24. The Morgan fingerprint density at radius 3 is 2.15 bits per heavy atom. The van der Waals surface area contributed by atoms with Crippen molar-refractivity contribution in [3.63, 3.8) is 0 Å². The summed E-state index contributed by atoms with van der Waals surface area (Å²) >= 11 is 12.3. The predicted octanol–water partition coefficient (Wildman–Crippen LogP) is 6.00. The van der Waals surface area contributed by atoms with E-state index in [0.29, 0.717) is 27.8 Å². The van der Waals surface area contributed by atoms with Gasteiger partial charge in [-0.05, 0) is 60.9 Å². The Labute approximate surface area is 278 Å². The number of hydrogen-bond acceptors (Lipinski definition) is 6. The van der Waals surface area contributed by atoms with Crippen LogP contribution in [-0.4, -0.2) is 88.2 Å². The molecule has 1 saturated heterocycles. The van der Waals surface area contributed by atoms with E-state index in [1.54, 1.807) is 33.8 Å². The summed E-state index contributed by atoms with van der Waals surface area (Å²) in [6.07, 6.45) is -9.77. The lowest BCUT2D eigenvalue weighted by Gasteiger charge is -2.39. The molecular formula is C31H35Cl2F6N5O3. The Kier molecular flexibility index (Phi) is 12.1. The quantitative estimate of drug-likeness (QED) is 0.225. The minimum atomic E-state index is -4.85. The van der Waals surface area contributed by atoms with E-state index in [4.69, 9.17) is 27.9 Å². The van der Waals surface area contributed by atoms with E-state index < -0.39 is 36.0 Å². The second-order valence-electron chi connectivity index (χ2n) is 11.7. The molecule has 0 aliphatic carbocycles. The molecule has 1 aliphatic heterocycles. The standard InChI is InChI=1S/C31H35Cl2F6N5O3/c1-19(2)11-24-15-23(41-44(24)25-13-21(32)12-22(33)14-25)16-40-29(46)28(31(37,38)39)43-9-7-42(8-10-43)17-26(45)18-47-27-5-3-20(4-6-27)30(34,35)36/h3-6,12-15,19,26,28,45H,7-11,16-18H2,1-2H3,(H,40,46)/t26?,28-/m0/s1. The maximum Gasteiger partial charge on any atom is 0.416 e. The maximum atomic E-state index is 14.2. The van der Waals surface area contributed by atoms with Crippen molar-refractivity contribution in [2.24, 2.45) is 5.92 Å². The van der Waals surface area contributed by atoms with Gasteiger partial charge in [0, 0.05) is 48.5 Å². The monoisotopic (exact) mass is 709 g/mol. The number of aromatic nitrogens is 2. The minimum Gasteiger partial charge on any atom is -0.491 e. The summed E-state index contributed by atoms with van der Waals surface area (Å²) < 4.78 is 87.7. The van der Waals surface area contributed by atoms with Crippen LogP contribution >= 0.6 is 23.2 Å². The number of rotatable bonds is 12. The van der Waals surface area contributed by atoms with Gasteiger partial charge in [-0.15, -0.1) is 0 Å². The van der Waals surface area contributed by atoms with E-state index in [1.165, 1.54) is 0 Å². The van der Waals surface area contributed by atoms with Gasteiger partial charge in [-0.1, -0.05) is 37.0 Å². The van der Waals surface area contributed by atoms with Gasteiger partial charge in [0.15, 0.2) is 6.04 Å². The summed E-state index contributed by atoms with van der Waals surface area (Å²) in [5.74, 6) is -0.831. The fraction of sp³-hybridized carbons (Fsp3) is 0.484. The highest BCUT2D eigenvalue weighted by Crippen LogP contribution is 2.31. The molecule has 0 radical (unpaired) electrons. The predicted molar refractivity (Wildman–Crippen MR) is 165 cm³/mol. The van der Waals surface area contributed by atoms with E-state index >= 15 is 0 Å². The zero-order valence-electron chi connectivity index (χ0n) is 25.6. The average molecular weight is 711 g/mol. The van der Waals surface area contributed by atoms with Crippen molar-refractivity contribution in [3.8, 4) is 11.4 Å². The Morgan fingerprint density at radius 1 is 0.979 bits per heavy atom. The van der Waals surface area contributed by atoms with Crippen molar-refractivity contribution in [2.75, 3.05) is 39.3 Å². The first-order chi connectivity index (χ1) is 22.0. The number of carbonyl (C=O) groups is 1. The molecule has 16 heteroatoms. The number of alkyl halides is 6. The molecule has 2 N–H and O–H groups in total. The van der Waals surface area contributed by atoms with Gasteiger partial charge in [0.1, 0.15) is 18.5 Å². The first-order valence-electron chi connectivity index (χ1n) is 14.8. The Bertz CT molecular complexity index is 1470. The number of halogens is 8. The van der Waals surface area contributed by atoms with Crippen molar-refractivity contribution < 1.29 is 41.0 Å². The molecule has 4 rings (SSSR count). The van der Waals surface area contributed by atoms with Crippen molar-refractivity contribution in [3.05, 3.63) is 75.5 Å². The van der Waals surface area contributed by atoms with Gasteiger partial charge in [0.2, 0.25) is 5.91 Å². The van der Waals surface area contributed by atoms with Crippen molar-refractivity contribution >= 4 is 29.1 Å². The summed E-state index contributed by atoms with van der Waals surface area (Å²) in [7, 11) is 0. The molecule has 0 spiro atoms. The fourth-order valence-corrected chi connectivity index (χ4v) is 5.81. The van der Waals surface area contributed by atoms with Gasteiger partial charge in [-0.3, -0.25) is 14.6 Å². The summed E-state index contributed by atoms with van der Waals surface area (Å²) in [5.41, 5.74) is 0.889. The summed E-state index contributed by atoms with van der Waals surface area (Å²) in [6.45, 7) is 3.73. The van der Waals surface area contributed by atoms with Crippen LogP contribution < -0.4 is 10.1 Å². The van der Waals surface area contributed by atoms with E-state index in [9.17, 15) is 36.2 Å². The number of nitrogens with one attached hydrogen (secondary N) is 1. The Balaban J connectivity index is 1.32. The van der Waals surface area contributed by atoms with Gasteiger partial charge in [-0.2, -0.15) is 31.4 Å². The van der Waals surface area contributed by atoms with Gasteiger partial charge in [0.25, 0.3) is 0 Å². The molecule has 8 nitrogen and oxygen atoms in total. The number of nitrogens with zero attached hydrogens (tertiary/aromatic N) is 4.